The van der Waals surface area contributed by atoms with E-state index >= 15 is 0 Å². The number of nitrogens with zero attached hydrogens (tertiary/aromatic N) is 2. The molecule has 2 rings (SSSR count). The van der Waals surface area contributed by atoms with Gasteiger partial charge in [0, 0.05) is 32.3 Å². The third kappa shape index (κ3) is 2.96. The van der Waals surface area contributed by atoms with Gasteiger partial charge in [0.05, 0.1) is 12.5 Å². The van der Waals surface area contributed by atoms with Gasteiger partial charge in [0.25, 0.3) is 5.91 Å². The fourth-order valence-electron chi connectivity index (χ4n) is 2.50. The Morgan fingerprint density at radius 2 is 2.20 bits per heavy atom. The largest absolute Gasteiger partial charge is 0.384 e. The van der Waals surface area contributed by atoms with Gasteiger partial charge in [0.1, 0.15) is 5.69 Å². The Kier molecular flexibility index (Phi) is 4.34. The van der Waals surface area contributed by atoms with Crippen LogP contribution in [0, 0.1) is 18.8 Å². The molecule has 0 radical (unpaired) electrons. The third-order valence-electron chi connectivity index (χ3n) is 3.60. The Hall–Kier alpha value is -1.95. The van der Waals surface area contributed by atoms with Crippen LogP contribution in [-0.4, -0.2) is 48.5 Å². The zero-order valence-electron chi connectivity index (χ0n) is 11.7. The number of rotatable bonds is 4. The second-order valence-electron chi connectivity index (χ2n) is 5.16. The molecule has 0 bridgehead atoms. The minimum Gasteiger partial charge on any atom is -0.384 e. The molecule has 20 heavy (non-hydrogen) atoms. The third-order valence-corrected chi connectivity index (χ3v) is 3.60. The molecule has 1 fully saturated rings. The second kappa shape index (κ2) is 6.00. The van der Waals surface area contributed by atoms with E-state index in [9.17, 15) is 9.59 Å². The number of methoxy groups -OCH3 is 1. The van der Waals surface area contributed by atoms with Crippen molar-refractivity contribution in [2.45, 2.75) is 6.92 Å². The van der Waals surface area contributed by atoms with Crippen LogP contribution in [0.4, 0.5) is 0 Å². The van der Waals surface area contributed by atoms with Gasteiger partial charge in [-0.25, -0.2) is 0 Å². The molecule has 0 unspecified atom stereocenters. The van der Waals surface area contributed by atoms with Gasteiger partial charge in [-0.3, -0.25) is 14.6 Å². The number of likely N-dealkylation sites (tertiary alicyclic amines) is 1. The first kappa shape index (κ1) is 14.5. The molecule has 1 aromatic rings. The average molecular weight is 277 g/mol. The number of hydrogen-bond acceptors (Lipinski definition) is 4. The summed E-state index contributed by atoms with van der Waals surface area (Å²) in [5, 5.41) is 0. The van der Waals surface area contributed by atoms with Gasteiger partial charge < -0.3 is 15.4 Å². The second-order valence-corrected chi connectivity index (χ2v) is 5.16. The van der Waals surface area contributed by atoms with Gasteiger partial charge in [-0.15, -0.1) is 0 Å². The van der Waals surface area contributed by atoms with E-state index in [1.165, 1.54) is 0 Å². The topological polar surface area (TPSA) is 85.5 Å². The molecule has 108 valence electrons. The van der Waals surface area contributed by atoms with Crippen molar-refractivity contribution in [3.05, 3.63) is 29.6 Å². The summed E-state index contributed by atoms with van der Waals surface area (Å²) in [5.41, 5.74) is 6.77. The first-order valence-electron chi connectivity index (χ1n) is 6.53. The number of amides is 2. The van der Waals surface area contributed by atoms with Crippen LogP contribution < -0.4 is 5.73 Å². The lowest BCUT2D eigenvalue weighted by molar-refractivity contribution is -0.122. The molecule has 2 amide bonds. The van der Waals surface area contributed by atoms with Crippen LogP contribution in [0.15, 0.2) is 18.3 Å². The van der Waals surface area contributed by atoms with Crippen LogP contribution in [0.5, 0.6) is 0 Å². The first-order chi connectivity index (χ1) is 9.52. The maximum atomic E-state index is 12.3. The molecule has 6 heteroatoms. The minimum atomic E-state index is -0.390. The van der Waals surface area contributed by atoms with Gasteiger partial charge in [-0.1, -0.05) is 6.07 Å². The predicted octanol–water partition coefficient (Wildman–Crippen LogP) is 0.210. The number of primary amides is 1. The molecule has 1 aliphatic rings. The highest BCUT2D eigenvalue weighted by atomic mass is 16.5. The highest BCUT2D eigenvalue weighted by molar-refractivity contribution is 5.93. The summed E-state index contributed by atoms with van der Waals surface area (Å²) in [6.45, 7) is 3.13. The highest BCUT2D eigenvalue weighted by Crippen LogP contribution is 2.24. The van der Waals surface area contributed by atoms with Crippen molar-refractivity contribution < 1.29 is 14.3 Å². The van der Waals surface area contributed by atoms with Crippen molar-refractivity contribution >= 4 is 11.8 Å². The molecule has 0 aliphatic carbocycles. The molecule has 0 saturated carbocycles. The van der Waals surface area contributed by atoms with E-state index in [2.05, 4.69) is 4.98 Å². The summed E-state index contributed by atoms with van der Waals surface area (Å²) >= 11 is 0. The number of ether oxygens (including phenoxy) is 1. The van der Waals surface area contributed by atoms with Crippen LogP contribution in [0.3, 0.4) is 0 Å². The van der Waals surface area contributed by atoms with Crippen molar-refractivity contribution in [2.24, 2.45) is 17.6 Å². The monoisotopic (exact) mass is 277 g/mol. The smallest absolute Gasteiger partial charge is 0.272 e. The van der Waals surface area contributed by atoms with E-state index in [1.54, 1.807) is 24.3 Å². The van der Waals surface area contributed by atoms with Crippen LogP contribution in [0.25, 0.3) is 0 Å². The van der Waals surface area contributed by atoms with Crippen LogP contribution >= 0.6 is 0 Å². The quantitative estimate of drug-likeness (QED) is 0.852. The van der Waals surface area contributed by atoms with Crippen molar-refractivity contribution in [1.29, 1.82) is 0 Å². The SMILES string of the molecule is COC[C@@H]1CN(C(=O)c2ccc(C)cn2)C[C@H]1C(N)=O. The van der Waals surface area contributed by atoms with Gasteiger partial charge in [0.2, 0.25) is 5.91 Å². The maximum Gasteiger partial charge on any atom is 0.272 e. The molecule has 1 saturated heterocycles. The van der Waals surface area contributed by atoms with Gasteiger partial charge in [0.15, 0.2) is 0 Å². The van der Waals surface area contributed by atoms with E-state index in [1.807, 2.05) is 13.0 Å². The number of hydrogen-bond donors (Lipinski definition) is 1. The standard InChI is InChI=1S/C14H19N3O3/c1-9-3-4-12(16-5-9)14(19)17-6-10(8-20-2)11(7-17)13(15)18/h3-5,10-11H,6-8H2,1-2H3,(H2,15,18)/t10-,11+/m0/s1. The lowest BCUT2D eigenvalue weighted by Crippen LogP contribution is -2.32. The summed E-state index contributed by atoms with van der Waals surface area (Å²) in [7, 11) is 1.57. The summed E-state index contributed by atoms with van der Waals surface area (Å²) in [6, 6.07) is 3.54. The van der Waals surface area contributed by atoms with Crippen molar-refractivity contribution in [3.8, 4) is 0 Å². The number of carbonyl (C=O) groups is 2. The van der Waals surface area contributed by atoms with Gasteiger partial charge >= 0.3 is 0 Å². The number of aromatic nitrogens is 1. The lowest BCUT2D eigenvalue weighted by Gasteiger charge is -2.15. The highest BCUT2D eigenvalue weighted by Gasteiger charge is 2.38. The Bertz CT molecular complexity index is 501. The van der Waals surface area contributed by atoms with Gasteiger partial charge in [-0.05, 0) is 18.6 Å². The van der Waals surface area contributed by atoms with Crippen molar-refractivity contribution in [2.75, 3.05) is 26.8 Å². The number of nitrogens with two attached hydrogens (primary N) is 1. The predicted molar refractivity (Wildman–Crippen MR) is 72.9 cm³/mol. The Morgan fingerprint density at radius 3 is 2.75 bits per heavy atom. The van der Waals surface area contributed by atoms with Crippen molar-refractivity contribution in [1.82, 2.24) is 9.88 Å². The Balaban J connectivity index is 2.11. The maximum absolute atomic E-state index is 12.3. The molecule has 6 nitrogen and oxygen atoms in total. The summed E-state index contributed by atoms with van der Waals surface area (Å²) in [4.78, 5) is 29.5. The molecular weight excluding hydrogens is 258 g/mol. The molecule has 2 N–H and O–H groups in total. The number of carbonyl (C=O) groups excluding carboxylic acids is 2. The summed E-state index contributed by atoms with van der Waals surface area (Å²) in [5.74, 6) is -0.967. The Labute approximate surface area is 117 Å². The number of aryl methyl sites for hydroxylation is 1. The zero-order valence-corrected chi connectivity index (χ0v) is 11.7. The minimum absolute atomic E-state index is 0.0492. The van der Waals surface area contributed by atoms with E-state index < -0.39 is 0 Å². The van der Waals surface area contributed by atoms with E-state index in [-0.39, 0.29) is 23.7 Å². The molecule has 2 heterocycles. The molecule has 1 aliphatic heterocycles. The van der Waals surface area contributed by atoms with Crippen LogP contribution in [-0.2, 0) is 9.53 Å². The number of pyridine rings is 1. The fourth-order valence-corrected chi connectivity index (χ4v) is 2.50. The van der Waals surface area contributed by atoms with E-state index in [0.29, 0.717) is 25.4 Å². The van der Waals surface area contributed by atoms with E-state index in [0.717, 1.165) is 5.56 Å². The van der Waals surface area contributed by atoms with E-state index in [4.69, 9.17) is 10.5 Å². The zero-order chi connectivity index (χ0) is 14.7. The lowest BCUT2D eigenvalue weighted by atomic mass is 9.96. The molecule has 0 spiro atoms. The van der Waals surface area contributed by atoms with Crippen LogP contribution in [0.1, 0.15) is 16.1 Å². The summed E-state index contributed by atoms with van der Waals surface area (Å²) in [6.07, 6.45) is 1.65. The summed E-state index contributed by atoms with van der Waals surface area (Å²) < 4.78 is 5.09. The normalized spacial score (nSPS) is 22.0. The van der Waals surface area contributed by atoms with Crippen molar-refractivity contribution in [3.63, 3.8) is 0 Å². The fraction of sp³-hybridized carbons (Fsp3) is 0.500. The van der Waals surface area contributed by atoms with Crippen LogP contribution in [0.2, 0.25) is 0 Å². The molecular formula is C14H19N3O3. The first-order valence-corrected chi connectivity index (χ1v) is 6.53. The average Bonchev–Trinajstić information content (AvgIpc) is 2.83. The molecule has 2 atom stereocenters. The molecule has 1 aromatic heterocycles. The molecule has 0 aromatic carbocycles. The Morgan fingerprint density at radius 1 is 1.45 bits per heavy atom. The van der Waals surface area contributed by atoms with Gasteiger partial charge in [-0.2, -0.15) is 0 Å².